The number of hydrogen-bond donors (Lipinski definition) is 3. The van der Waals surface area contributed by atoms with Gasteiger partial charge >= 0.3 is 0 Å². The van der Waals surface area contributed by atoms with Gasteiger partial charge < -0.3 is 25.2 Å². The Bertz CT molecular complexity index is 748. The molecular weight excluding hydrogens is 470 g/mol. The second-order valence-electron chi connectivity index (χ2n) is 6.45. The minimum absolute atomic E-state index is 0. The zero-order valence-electron chi connectivity index (χ0n) is 17.1. The highest BCUT2D eigenvalue weighted by molar-refractivity contribution is 6.32. The maximum atomic E-state index is 9.23. The van der Waals surface area contributed by atoms with E-state index in [1.54, 1.807) is 6.92 Å². The van der Waals surface area contributed by atoms with Crippen LogP contribution < -0.4 is 20.1 Å². The molecule has 0 radical (unpaired) electrons. The van der Waals surface area contributed by atoms with Crippen molar-refractivity contribution < 1.29 is 14.6 Å². The lowest BCUT2D eigenvalue weighted by Crippen LogP contribution is -2.31. The Morgan fingerprint density at radius 3 is 2.37 bits per heavy atom. The smallest absolute Gasteiger partial charge is 0.180 e. The van der Waals surface area contributed by atoms with Gasteiger partial charge in [-0.3, -0.25) is 0 Å². The number of benzene rings is 2. The van der Waals surface area contributed by atoms with Crippen molar-refractivity contribution in [3.8, 4) is 11.5 Å². The standard InChI is InChI=1S/C21H28Cl2N2O3.2ClH/c1-3-27-20-11-16(13-25-9-8-24-12-15(2)26)10-19(23)21(20)28-14-17-6-4-5-7-18(17)22;;/h4-7,10-11,15,24-26H,3,8-9,12-14H2,1-2H3;2*1H. The molecule has 0 aromatic heterocycles. The maximum Gasteiger partial charge on any atom is 0.180 e. The maximum absolute atomic E-state index is 9.23. The lowest BCUT2D eigenvalue weighted by molar-refractivity contribution is 0.191. The summed E-state index contributed by atoms with van der Waals surface area (Å²) < 4.78 is 11.7. The molecule has 0 heterocycles. The third kappa shape index (κ3) is 9.92. The van der Waals surface area contributed by atoms with Crippen LogP contribution in [0.4, 0.5) is 0 Å². The van der Waals surface area contributed by atoms with Crippen LogP contribution in [0.2, 0.25) is 10.0 Å². The van der Waals surface area contributed by atoms with Gasteiger partial charge in [0.2, 0.25) is 0 Å². The fourth-order valence-electron chi connectivity index (χ4n) is 2.61. The highest BCUT2D eigenvalue weighted by Crippen LogP contribution is 2.37. The van der Waals surface area contributed by atoms with Gasteiger partial charge in [-0.05, 0) is 37.6 Å². The van der Waals surface area contributed by atoms with Crippen LogP contribution in [0, 0.1) is 0 Å². The largest absolute Gasteiger partial charge is 0.490 e. The summed E-state index contributed by atoms with van der Waals surface area (Å²) in [6, 6.07) is 11.4. The van der Waals surface area contributed by atoms with Crippen LogP contribution in [-0.4, -0.2) is 37.5 Å². The van der Waals surface area contributed by atoms with Crippen molar-refractivity contribution in [1.29, 1.82) is 0 Å². The molecule has 2 aromatic rings. The number of aliphatic hydroxyl groups excluding tert-OH is 1. The molecule has 2 rings (SSSR count). The van der Waals surface area contributed by atoms with Crippen LogP contribution in [0.15, 0.2) is 36.4 Å². The van der Waals surface area contributed by atoms with Crippen molar-refractivity contribution in [2.24, 2.45) is 0 Å². The average molecular weight is 500 g/mol. The Hall–Kier alpha value is -0.920. The van der Waals surface area contributed by atoms with E-state index in [1.807, 2.05) is 43.3 Å². The fourth-order valence-corrected chi connectivity index (χ4v) is 3.09. The SMILES string of the molecule is CCOc1cc(CNCCNCC(C)O)cc(Cl)c1OCc1ccccc1Cl.Cl.Cl. The van der Waals surface area contributed by atoms with Gasteiger partial charge in [-0.25, -0.2) is 0 Å². The van der Waals surface area contributed by atoms with Gasteiger partial charge in [0.1, 0.15) is 6.61 Å². The van der Waals surface area contributed by atoms with Crippen LogP contribution in [0.3, 0.4) is 0 Å². The highest BCUT2D eigenvalue weighted by Gasteiger charge is 2.13. The minimum Gasteiger partial charge on any atom is -0.490 e. The van der Waals surface area contributed by atoms with E-state index in [0.717, 1.165) is 24.2 Å². The van der Waals surface area contributed by atoms with Crippen molar-refractivity contribution in [3.05, 3.63) is 57.6 Å². The number of aliphatic hydroxyl groups is 1. The first-order valence-electron chi connectivity index (χ1n) is 9.42. The fraction of sp³-hybridized carbons (Fsp3) is 0.429. The van der Waals surface area contributed by atoms with Crippen molar-refractivity contribution in [1.82, 2.24) is 10.6 Å². The van der Waals surface area contributed by atoms with E-state index in [2.05, 4.69) is 10.6 Å². The van der Waals surface area contributed by atoms with E-state index in [-0.39, 0.29) is 30.9 Å². The molecule has 1 unspecified atom stereocenters. The van der Waals surface area contributed by atoms with Gasteiger partial charge in [-0.1, -0.05) is 41.4 Å². The molecule has 1 atom stereocenters. The molecule has 0 saturated carbocycles. The zero-order chi connectivity index (χ0) is 20.4. The molecule has 30 heavy (non-hydrogen) atoms. The van der Waals surface area contributed by atoms with Gasteiger partial charge in [0.25, 0.3) is 0 Å². The van der Waals surface area contributed by atoms with Gasteiger partial charge in [-0.15, -0.1) is 24.8 Å². The first kappa shape index (κ1) is 29.1. The van der Waals surface area contributed by atoms with Crippen LogP contribution in [0.1, 0.15) is 25.0 Å². The molecular formula is C21H30Cl4N2O3. The van der Waals surface area contributed by atoms with E-state index in [9.17, 15) is 5.11 Å². The Labute approximate surface area is 201 Å². The first-order valence-corrected chi connectivity index (χ1v) is 10.2. The molecule has 0 aliphatic carbocycles. The van der Waals surface area contributed by atoms with Crippen LogP contribution in [0.25, 0.3) is 0 Å². The molecule has 0 aliphatic heterocycles. The van der Waals surface area contributed by atoms with Crippen molar-refractivity contribution in [2.75, 3.05) is 26.2 Å². The summed E-state index contributed by atoms with van der Waals surface area (Å²) in [5.41, 5.74) is 1.90. The quantitative estimate of drug-likeness (QED) is 0.363. The monoisotopic (exact) mass is 498 g/mol. The topological polar surface area (TPSA) is 62.8 Å². The Balaban J connectivity index is 0.00000420. The average Bonchev–Trinajstić information content (AvgIpc) is 2.65. The molecule has 170 valence electrons. The Morgan fingerprint density at radius 1 is 1.00 bits per heavy atom. The lowest BCUT2D eigenvalue weighted by atomic mass is 10.2. The van der Waals surface area contributed by atoms with E-state index in [0.29, 0.717) is 47.8 Å². The number of hydrogen-bond acceptors (Lipinski definition) is 5. The normalized spacial score (nSPS) is 11.2. The summed E-state index contributed by atoms with van der Waals surface area (Å²) in [6.07, 6.45) is -0.342. The van der Waals surface area contributed by atoms with Crippen LogP contribution >= 0.6 is 48.0 Å². The van der Waals surface area contributed by atoms with Gasteiger partial charge in [0.05, 0.1) is 17.7 Å². The van der Waals surface area contributed by atoms with Crippen molar-refractivity contribution in [2.45, 2.75) is 33.1 Å². The molecule has 0 amide bonds. The Morgan fingerprint density at radius 2 is 1.70 bits per heavy atom. The highest BCUT2D eigenvalue weighted by atomic mass is 35.5. The van der Waals surface area contributed by atoms with E-state index < -0.39 is 0 Å². The second-order valence-corrected chi connectivity index (χ2v) is 7.26. The molecule has 0 bridgehead atoms. The number of nitrogens with one attached hydrogen (secondary N) is 2. The minimum atomic E-state index is -0.342. The molecule has 0 aliphatic rings. The third-order valence-corrected chi connectivity index (χ3v) is 4.60. The molecule has 0 spiro atoms. The molecule has 2 aromatic carbocycles. The summed E-state index contributed by atoms with van der Waals surface area (Å²) in [7, 11) is 0. The lowest BCUT2D eigenvalue weighted by Gasteiger charge is -2.16. The van der Waals surface area contributed by atoms with Crippen molar-refractivity contribution in [3.63, 3.8) is 0 Å². The number of halogens is 4. The summed E-state index contributed by atoms with van der Waals surface area (Å²) in [4.78, 5) is 0. The third-order valence-electron chi connectivity index (χ3n) is 3.95. The number of rotatable bonds is 12. The molecule has 9 heteroatoms. The molecule has 0 fully saturated rings. The summed E-state index contributed by atoms with van der Waals surface area (Å²) in [5.74, 6) is 1.14. The van der Waals surface area contributed by atoms with Crippen molar-refractivity contribution >= 4 is 48.0 Å². The first-order chi connectivity index (χ1) is 13.5. The summed E-state index contributed by atoms with van der Waals surface area (Å²) in [5, 5.41) is 16.9. The molecule has 3 N–H and O–H groups in total. The molecule has 0 saturated heterocycles. The number of ether oxygens (including phenoxy) is 2. The van der Waals surface area contributed by atoms with E-state index in [4.69, 9.17) is 32.7 Å². The van der Waals surface area contributed by atoms with Gasteiger partial charge in [0.15, 0.2) is 11.5 Å². The molecule has 5 nitrogen and oxygen atoms in total. The van der Waals surface area contributed by atoms with Crippen LogP contribution in [0.5, 0.6) is 11.5 Å². The zero-order valence-corrected chi connectivity index (χ0v) is 20.3. The predicted molar refractivity (Wildman–Crippen MR) is 129 cm³/mol. The summed E-state index contributed by atoms with van der Waals surface area (Å²) in [6.45, 7) is 7.29. The summed E-state index contributed by atoms with van der Waals surface area (Å²) >= 11 is 12.7. The van der Waals surface area contributed by atoms with E-state index >= 15 is 0 Å². The Kier molecular flexibility index (Phi) is 15.3. The van der Waals surface area contributed by atoms with Crippen LogP contribution in [-0.2, 0) is 13.2 Å². The predicted octanol–water partition coefficient (Wildman–Crippen LogP) is 4.87. The second kappa shape index (κ2) is 15.8. The van der Waals surface area contributed by atoms with Gasteiger partial charge in [-0.2, -0.15) is 0 Å². The van der Waals surface area contributed by atoms with E-state index in [1.165, 1.54) is 0 Å². The van der Waals surface area contributed by atoms with Gasteiger partial charge in [0, 0.05) is 36.8 Å².